The molecule has 0 radical (unpaired) electrons. The molecule has 2 aliphatic heterocycles. The molecule has 0 bridgehead atoms. The molecule has 2 aliphatic rings. The lowest BCUT2D eigenvalue weighted by Gasteiger charge is -2.25. The Balaban J connectivity index is 0.000000159. The number of pyridine rings is 2. The van der Waals surface area contributed by atoms with Gasteiger partial charge in [0.2, 0.25) is 0 Å². The van der Waals surface area contributed by atoms with Gasteiger partial charge in [-0.25, -0.2) is 4.79 Å². The van der Waals surface area contributed by atoms with Crippen molar-refractivity contribution in [2.45, 2.75) is 39.0 Å². The Hall–Kier alpha value is -7.66. The number of amides is 3. The summed E-state index contributed by atoms with van der Waals surface area (Å²) in [5, 5.41) is 17.7. The van der Waals surface area contributed by atoms with Crippen molar-refractivity contribution < 1.29 is 24.3 Å². The minimum absolute atomic E-state index is 0.0978. The van der Waals surface area contributed by atoms with Crippen LogP contribution in [0.1, 0.15) is 73.4 Å². The number of nitrogens with one attached hydrogen (secondary N) is 3. The van der Waals surface area contributed by atoms with Gasteiger partial charge in [-0.05, 0) is 145 Å². The topological polar surface area (TPSA) is 183 Å². The molecule has 0 aliphatic carbocycles. The summed E-state index contributed by atoms with van der Waals surface area (Å²) in [6.07, 6.45) is 9.02. The molecule has 10 rings (SSSR count). The second-order valence-electron chi connectivity index (χ2n) is 17.3. The molecule has 71 heavy (non-hydrogen) atoms. The van der Waals surface area contributed by atoms with Gasteiger partial charge in [0.15, 0.2) is 0 Å². The molecule has 6 heterocycles. The summed E-state index contributed by atoms with van der Waals surface area (Å²) in [4.78, 5) is 64.1. The number of anilines is 2. The van der Waals surface area contributed by atoms with Crippen LogP contribution in [-0.4, -0.2) is 75.8 Å². The summed E-state index contributed by atoms with van der Waals surface area (Å²) in [6.45, 7) is 4.74. The van der Waals surface area contributed by atoms with Crippen LogP contribution in [0.2, 0.25) is 0 Å². The molecule has 0 saturated heterocycles. The number of hydrogen-bond donors (Lipinski definition) is 5. The third-order valence-electron chi connectivity index (χ3n) is 11.9. The van der Waals surface area contributed by atoms with Crippen LogP contribution in [0.25, 0.3) is 20.9 Å². The van der Waals surface area contributed by atoms with E-state index in [1.807, 2.05) is 84.9 Å². The predicted molar refractivity (Wildman–Crippen MR) is 283 cm³/mol. The molecule has 0 unspecified atom stereocenters. The number of fused-ring (bicyclic) bond motifs is 2. The minimum Gasteiger partial charge on any atom is -0.477 e. The molecule has 4 aromatic heterocycles. The van der Waals surface area contributed by atoms with E-state index in [1.165, 1.54) is 44.9 Å². The lowest BCUT2D eigenvalue weighted by atomic mass is 9.99. The first-order valence-electron chi connectivity index (χ1n) is 23.1. The summed E-state index contributed by atoms with van der Waals surface area (Å²) >= 11 is 2.68. The SMILES string of the molecule is CN1CCc2ccc(NC(=O)c3cccc(CN)c3)cc2C1.CN1CCc2ccc(NC(=O)c3cccc(CNC(=O)c4ccc(-c5cccnc5)s4)c3)cc2C1.O=C(O)c1ccc(-c2cccnc2)s1. The second-order valence-corrected chi connectivity index (χ2v) is 19.4. The van der Waals surface area contributed by atoms with E-state index in [0.29, 0.717) is 34.0 Å². The smallest absolute Gasteiger partial charge is 0.345 e. The molecule has 360 valence electrons. The van der Waals surface area contributed by atoms with Crippen LogP contribution in [0.3, 0.4) is 0 Å². The van der Waals surface area contributed by atoms with Gasteiger partial charge in [0.1, 0.15) is 4.88 Å². The van der Waals surface area contributed by atoms with Gasteiger partial charge in [0, 0.05) is 107 Å². The Morgan fingerprint density at radius 2 is 1.08 bits per heavy atom. The lowest BCUT2D eigenvalue weighted by Crippen LogP contribution is -2.26. The first kappa shape index (κ1) is 49.8. The largest absolute Gasteiger partial charge is 0.477 e. The number of likely N-dealkylation sites (N-methyl/N-ethyl adjacent to an activating group) is 2. The van der Waals surface area contributed by atoms with Gasteiger partial charge in [0.25, 0.3) is 17.7 Å². The number of thiophene rings is 2. The first-order chi connectivity index (χ1) is 34.5. The van der Waals surface area contributed by atoms with Gasteiger partial charge in [-0.1, -0.05) is 48.5 Å². The fourth-order valence-electron chi connectivity index (χ4n) is 8.13. The van der Waals surface area contributed by atoms with E-state index in [2.05, 4.69) is 74.1 Å². The van der Waals surface area contributed by atoms with E-state index in [-0.39, 0.29) is 17.7 Å². The minimum atomic E-state index is -0.884. The number of benzene rings is 4. The lowest BCUT2D eigenvalue weighted by molar-refractivity contribution is 0.0701. The van der Waals surface area contributed by atoms with Crippen molar-refractivity contribution in [1.29, 1.82) is 0 Å². The monoisotopic (exact) mass is 982 g/mol. The maximum atomic E-state index is 12.9. The Morgan fingerprint density at radius 1 is 0.577 bits per heavy atom. The Kier molecular flexibility index (Phi) is 16.7. The maximum absolute atomic E-state index is 12.9. The number of nitrogens with zero attached hydrogens (tertiary/aromatic N) is 4. The molecule has 15 heteroatoms. The zero-order valence-electron chi connectivity index (χ0n) is 39.4. The van der Waals surface area contributed by atoms with Gasteiger partial charge in [-0.2, -0.15) is 0 Å². The van der Waals surface area contributed by atoms with Crippen LogP contribution >= 0.6 is 22.7 Å². The molecule has 0 fully saturated rings. The highest BCUT2D eigenvalue weighted by Gasteiger charge is 2.17. The molecular weight excluding hydrogens is 929 g/mol. The fraction of sp³-hybridized carbons (Fsp3) is 0.179. The van der Waals surface area contributed by atoms with Gasteiger partial charge in [-0.15, -0.1) is 22.7 Å². The fourth-order valence-corrected chi connectivity index (χ4v) is 9.88. The van der Waals surface area contributed by atoms with Gasteiger partial charge < -0.3 is 36.6 Å². The Bertz CT molecular complexity index is 3140. The number of hydrogen-bond acceptors (Lipinski definition) is 11. The Labute approximate surface area is 421 Å². The molecule has 0 spiro atoms. The van der Waals surface area contributed by atoms with Crippen LogP contribution in [-0.2, 0) is 39.0 Å². The first-order valence-corrected chi connectivity index (χ1v) is 24.7. The summed E-state index contributed by atoms with van der Waals surface area (Å²) < 4.78 is 0. The quantitative estimate of drug-likeness (QED) is 0.0837. The highest BCUT2D eigenvalue weighted by atomic mass is 32.1. The van der Waals surface area contributed by atoms with E-state index >= 15 is 0 Å². The van der Waals surface area contributed by atoms with Gasteiger partial charge >= 0.3 is 5.97 Å². The molecule has 0 saturated carbocycles. The third-order valence-corrected chi connectivity index (χ3v) is 14.2. The van der Waals surface area contributed by atoms with Gasteiger partial charge in [0.05, 0.1) is 4.88 Å². The number of aromatic carboxylic acids is 1. The number of nitrogens with two attached hydrogens (primary N) is 1. The van der Waals surface area contributed by atoms with Crippen molar-refractivity contribution >= 4 is 57.7 Å². The van der Waals surface area contributed by atoms with Crippen LogP contribution < -0.4 is 21.7 Å². The van der Waals surface area contributed by atoms with Gasteiger partial charge in [-0.3, -0.25) is 24.4 Å². The molecule has 4 aromatic carbocycles. The summed E-state index contributed by atoms with van der Waals surface area (Å²) in [5.74, 6) is -1.29. The van der Waals surface area contributed by atoms with Crippen molar-refractivity contribution in [3.8, 4) is 20.9 Å². The highest BCUT2D eigenvalue weighted by molar-refractivity contribution is 7.17. The number of carbonyl (C=O) groups excluding carboxylic acids is 3. The van der Waals surface area contributed by atoms with E-state index in [1.54, 1.807) is 49.1 Å². The normalized spacial score (nSPS) is 12.9. The van der Waals surface area contributed by atoms with E-state index in [0.717, 1.165) is 82.4 Å². The number of rotatable bonds is 11. The molecule has 3 amide bonds. The zero-order valence-corrected chi connectivity index (χ0v) is 41.1. The summed E-state index contributed by atoms with van der Waals surface area (Å²) in [5.41, 5.74) is 17.5. The number of carbonyl (C=O) groups is 4. The van der Waals surface area contributed by atoms with E-state index in [4.69, 9.17) is 10.8 Å². The average Bonchev–Trinajstić information content (AvgIpc) is 4.11. The van der Waals surface area contributed by atoms with Crippen molar-refractivity contribution in [2.75, 3.05) is 37.8 Å². The highest BCUT2D eigenvalue weighted by Crippen LogP contribution is 2.29. The average molecular weight is 983 g/mol. The molecule has 13 nitrogen and oxygen atoms in total. The Morgan fingerprint density at radius 3 is 1.58 bits per heavy atom. The number of carboxylic acids is 1. The van der Waals surface area contributed by atoms with Crippen molar-refractivity contribution in [3.63, 3.8) is 0 Å². The second kappa shape index (κ2) is 23.8. The maximum Gasteiger partial charge on any atom is 0.345 e. The van der Waals surface area contributed by atoms with Crippen LogP contribution in [0.4, 0.5) is 11.4 Å². The summed E-state index contributed by atoms with van der Waals surface area (Å²) in [6, 6.07) is 41.8. The van der Waals surface area contributed by atoms with E-state index in [9.17, 15) is 19.2 Å². The van der Waals surface area contributed by atoms with Crippen LogP contribution in [0.5, 0.6) is 0 Å². The van der Waals surface area contributed by atoms with Crippen molar-refractivity contribution in [3.05, 3.63) is 213 Å². The van der Waals surface area contributed by atoms with Crippen LogP contribution in [0, 0.1) is 0 Å². The van der Waals surface area contributed by atoms with E-state index < -0.39 is 5.97 Å². The zero-order chi connectivity index (χ0) is 49.7. The number of carboxylic acid groups (broad SMARTS) is 1. The molecular formula is C56H54N8O5S2. The molecule has 0 atom stereocenters. The standard InChI is InChI=1S/C28H26N4O2S.C18H21N3O.C10H7NO2S/c1-32-13-11-20-7-8-24(15-23(20)18-32)31-27(33)21-5-2-4-19(14-21)16-30-28(34)26-10-9-25(35-26)22-6-3-12-29-17-22;1-21-8-7-14-5-6-17(10-16(14)12-21)20-18(22)15-4-2-3-13(9-15)11-19;12-10(13)9-4-3-8(14-9)7-2-1-5-11-6-7/h2-10,12,14-15,17H,11,13,16,18H2,1H3,(H,30,34)(H,31,33);2-6,9-10H,7-8,11-12,19H2,1H3,(H,20,22);1-6H,(H,12,13). The van der Waals surface area contributed by atoms with Crippen LogP contribution in [0.15, 0.2) is 158 Å². The molecule has 8 aromatic rings. The van der Waals surface area contributed by atoms with Crippen molar-refractivity contribution in [1.82, 2.24) is 25.1 Å². The van der Waals surface area contributed by atoms with Crippen molar-refractivity contribution in [2.24, 2.45) is 5.73 Å². The summed E-state index contributed by atoms with van der Waals surface area (Å²) in [7, 11) is 4.23. The molecule has 6 N–H and O–H groups in total. The number of aromatic nitrogens is 2. The third kappa shape index (κ3) is 13.6. The predicted octanol–water partition coefficient (Wildman–Crippen LogP) is 9.87.